The molecule has 0 aliphatic heterocycles. The summed E-state index contributed by atoms with van der Waals surface area (Å²) >= 11 is 0. The summed E-state index contributed by atoms with van der Waals surface area (Å²) in [7, 11) is 1.69. The van der Waals surface area contributed by atoms with Gasteiger partial charge in [-0.05, 0) is 42.2 Å². The van der Waals surface area contributed by atoms with Gasteiger partial charge in [0.15, 0.2) is 0 Å². The van der Waals surface area contributed by atoms with Gasteiger partial charge in [-0.1, -0.05) is 37.3 Å². The van der Waals surface area contributed by atoms with E-state index in [4.69, 9.17) is 9.72 Å². The molecule has 2 heterocycles. The molecule has 0 radical (unpaired) electrons. The highest BCUT2D eigenvalue weighted by Crippen LogP contribution is 2.29. The first-order chi connectivity index (χ1) is 11.8. The number of pyridine rings is 1. The van der Waals surface area contributed by atoms with Crippen molar-refractivity contribution in [3.05, 3.63) is 71.4 Å². The maximum absolute atomic E-state index is 5.33. The Balaban J connectivity index is 1.88. The van der Waals surface area contributed by atoms with Crippen LogP contribution in [0, 0.1) is 0 Å². The molecule has 1 N–H and O–H groups in total. The Morgan fingerprint density at radius 2 is 1.83 bits per heavy atom. The fourth-order valence-electron chi connectivity index (χ4n) is 3.28. The van der Waals surface area contributed by atoms with E-state index in [-0.39, 0.29) is 0 Å². The van der Waals surface area contributed by atoms with Gasteiger partial charge in [0.05, 0.1) is 12.6 Å². The maximum atomic E-state index is 5.33. The molecule has 3 nitrogen and oxygen atoms in total. The van der Waals surface area contributed by atoms with E-state index in [1.807, 2.05) is 12.1 Å². The van der Waals surface area contributed by atoms with Gasteiger partial charge in [0.25, 0.3) is 0 Å². The lowest BCUT2D eigenvalue weighted by Gasteiger charge is -2.08. The summed E-state index contributed by atoms with van der Waals surface area (Å²) in [5, 5.41) is 2.37. The van der Waals surface area contributed by atoms with Gasteiger partial charge in [-0.2, -0.15) is 0 Å². The number of H-pyrrole nitrogens is 1. The van der Waals surface area contributed by atoms with Gasteiger partial charge in [-0.3, -0.25) is 0 Å². The molecule has 0 amide bonds. The summed E-state index contributed by atoms with van der Waals surface area (Å²) < 4.78 is 5.33. The van der Waals surface area contributed by atoms with E-state index in [2.05, 4.69) is 54.4 Å². The first kappa shape index (κ1) is 14.8. The molecule has 24 heavy (non-hydrogen) atoms. The quantitative estimate of drug-likeness (QED) is 0.583. The molecule has 120 valence electrons. The van der Waals surface area contributed by atoms with Gasteiger partial charge in [-0.15, -0.1) is 0 Å². The minimum atomic E-state index is 0.856. The summed E-state index contributed by atoms with van der Waals surface area (Å²) in [6.45, 7) is 2.16. The number of aromatic amines is 1. The summed E-state index contributed by atoms with van der Waals surface area (Å²) in [5.74, 6) is 0.856. The third-order valence-electron chi connectivity index (χ3n) is 4.53. The van der Waals surface area contributed by atoms with Crippen LogP contribution in [0.4, 0.5) is 0 Å². The Hall–Kier alpha value is -2.81. The lowest BCUT2D eigenvalue weighted by molar-refractivity contribution is 0.415. The topological polar surface area (TPSA) is 37.9 Å². The van der Waals surface area contributed by atoms with E-state index in [0.717, 1.165) is 35.4 Å². The van der Waals surface area contributed by atoms with E-state index in [1.165, 1.54) is 21.9 Å². The molecular formula is C21H20N2O. The number of fused-ring (bicyclic) bond motifs is 3. The number of rotatable bonds is 4. The molecule has 0 fully saturated rings. The highest BCUT2D eigenvalue weighted by atomic mass is 16.5. The van der Waals surface area contributed by atoms with Crippen LogP contribution < -0.4 is 4.74 Å². The Morgan fingerprint density at radius 1 is 1.00 bits per heavy atom. The van der Waals surface area contributed by atoms with E-state index in [0.29, 0.717) is 0 Å². The molecule has 0 atom stereocenters. The van der Waals surface area contributed by atoms with Crippen LogP contribution in [0.2, 0.25) is 0 Å². The summed E-state index contributed by atoms with van der Waals surface area (Å²) in [5.41, 5.74) is 5.79. The van der Waals surface area contributed by atoms with Crippen LogP contribution in [-0.4, -0.2) is 17.1 Å². The fourth-order valence-corrected chi connectivity index (χ4v) is 3.28. The van der Waals surface area contributed by atoms with Gasteiger partial charge in [0.2, 0.25) is 0 Å². The van der Waals surface area contributed by atoms with Crippen molar-refractivity contribution >= 4 is 21.9 Å². The number of hydrogen-bond donors (Lipinski definition) is 1. The zero-order chi connectivity index (χ0) is 16.5. The third-order valence-corrected chi connectivity index (χ3v) is 4.53. The average molecular weight is 316 g/mol. The first-order valence-corrected chi connectivity index (χ1v) is 8.30. The number of aryl methyl sites for hydroxylation is 1. The smallest absolute Gasteiger partial charge is 0.138 e. The van der Waals surface area contributed by atoms with Crippen molar-refractivity contribution < 1.29 is 4.74 Å². The largest absolute Gasteiger partial charge is 0.497 e. The molecule has 4 rings (SSSR count). The van der Waals surface area contributed by atoms with Crippen molar-refractivity contribution in [2.45, 2.75) is 19.8 Å². The molecule has 0 bridgehead atoms. The Kier molecular flexibility index (Phi) is 3.69. The van der Waals surface area contributed by atoms with Crippen LogP contribution in [-0.2, 0) is 12.8 Å². The van der Waals surface area contributed by atoms with Crippen LogP contribution in [0.3, 0.4) is 0 Å². The molecule has 0 saturated heterocycles. The molecule has 0 unspecified atom stereocenters. The maximum Gasteiger partial charge on any atom is 0.138 e. The highest BCUT2D eigenvalue weighted by molar-refractivity contribution is 6.06. The van der Waals surface area contributed by atoms with E-state index in [9.17, 15) is 0 Å². The highest BCUT2D eigenvalue weighted by Gasteiger charge is 2.11. The van der Waals surface area contributed by atoms with Gasteiger partial charge in [0.1, 0.15) is 11.4 Å². The van der Waals surface area contributed by atoms with Gasteiger partial charge in [0, 0.05) is 22.5 Å². The van der Waals surface area contributed by atoms with Crippen LogP contribution >= 0.6 is 0 Å². The summed E-state index contributed by atoms with van der Waals surface area (Å²) in [6.07, 6.45) is 1.84. The first-order valence-electron chi connectivity index (χ1n) is 8.30. The van der Waals surface area contributed by atoms with Crippen LogP contribution in [0.25, 0.3) is 21.9 Å². The molecule has 3 heteroatoms. The van der Waals surface area contributed by atoms with Crippen molar-refractivity contribution in [3.63, 3.8) is 0 Å². The van der Waals surface area contributed by atoms with Crippen molar-refractivity contribution in [2.75, 3.05) is 7.11 Å². The van der Waals surface area contributed by atoms with E-state index >= 15 is 0 Å². The van der Waals surface area contributed by atoms with Crippen molar-refractivity contribution in [1.29, 1.82) is 0 Å². The summed E-state index contributed by atoms with van der Waals surface area (Å²) in [4.78, 5) is 8.31. The third kappa shape index (κ3) is 2.52. The number of benzene rings is 2. The molecule has 2 aromatic carbocycles. The van der Waals surface area contributed by atoms with Gasteiger partial charge >= 0.3 is 0 Å². The second-order valence-electron chi connectivity index (χ2n) is 6.04. The molecular weight excluding hydrogens is 296 g/mol. The molecule has 0 saturated carbocycles. The average Bonchev–Trinajstić information content (AvgIpc) is 2.98. The Labute approximate surface area is 141 Å². The second kappa shape index (κ2) is 6.00. The predicted molar refractivity (Wildman–Crippen MR) is 98.8 cm³/mol. The normalized spacial score (nSPS) is 11.2. The monoisotopic (exact) mass is 316 g/mol. The standard InChI is InChI=1S/C21H20N2O/c1-3-19-15(11-14-7-5-4-6-8-14)12-18-17-10-9-16(24-2)13-20(17)23-21(18)22-19/h4-10,12-13H,3,11H2,1-2H3,(H,22,23). The fraction of sp³-hybridized carbons (Fsp3) is 0.190. The molecule has 2 aromatic heterocycles. The lowest BCUT2D eigenvalue weighted by Crippen LogP contribution is -1.98. The molecule has 0 aliphatic rings. The number of nitrogens with one attached hydrogen (secondary N) is 1. The van der Waals surface area contributed by atoms with Crippen LogP contribution in [0.15, 0.2) is 54.6 Å². The zero-order valence-electron chi connectivity index (χ0n) is 14.0. The van der Waals surface area contributed by atoms with Crippen molar-refractivity contribution in [2.24, 2.45) is 0 Å². The van der Waals surface area contributed by atoms with Gasteiger partial charge < -0.3 is 9.72 Å². The minimum Gasteiger partial charge on any atom is -0.497 e. The number of methoxy groups -OCH3 is 1. The van der Waals surface area contributed by atoms with Crippen molar-refractivity contribution in [1.82, 2.24) is 9.97 Å². The lowest BCUT2D eigenvalue weighted by atomic mass is 10.0. The second-order valence-corrected chi connectivity index (χ2v) is 6.04. The van der Waals surface area contributed by atoms with Gasteiger partial charge in [-0.25, -0.2) is 4.98 Å². The molecule has 0 spiro atoms. The van der Waals surface area contributed by atoms with Crippen LogP contribution in [0.1, 0.15) is 23.7 Å². The molecule has 0 aliphatic carbocycles. The van der Waals surface area contributed by atoms with E-state index < -0.39 is 0 Å². The van der Waals surface area contributed by atoms with Crippen molar-refractivity contribution in [3.8, 4) is 5.75 Å². The number of hydrogen-bond acceptors (Lipinski definition) is 2. The number of nitrogens with zero attached hydrogens (tertiary/aromatic N) is 1. The SMILES string of the molecule is CCc1nc2[nH]c3cc(OC)ccc3c2cc1Cc1ccccc1. The van der Waals surface area contributed by atoms with E-state index in [1.54, 1.807) is 7.11 Å². The predicted octanol–water partition coefficient (Wildman–Crippen LogP) is 4.88. The van der Waals surface area contributed by atoms with Crippen LogP contribution in [0.5, 0.6) is 5.75 Å². The summed E-state index contributed by atoms with van der Waals surface area (Å²) in [6, 6.07) is 19.0. The minimum absolute atomic E-state index is 0.856. The Morgan fingerprint density at radius 3 is 2.58 bits per heavy atom. The zero-order valence-corrected chi connectivity index (χ0v) is 14.0. The Bertz CT molecular complexity index is 1000. The molecule has 4 aromatic rings. The number of aromatic nitrogens is 2. The number of ether oxygens (including phenoxy) is 1.